The molecule has 6 heteroatoms. The van der Waals surface area contributed by atoms with Gasteiger partial charge < -0.3 is 5.11 Å². The third-order valence-electron chi connectivity index (χ3n) is 6.41. The minimum atomic E-state index is -0.725. The summed E-state index contributed by atoms with van der Waals surface area (Å²) in [6.45, 7) is 4.06. The van der Waals surface area contributed by atoms with E-state index in [1.807, 2.05) is 73.7 Å². The number of hydrogen-bond acceptors (Lipinski definition) is 5. The molecule has 1 aromatic heterocycles. The summed E-state index contributed by atoms with van der Waals surface area (Å²) in [4.78, 5) is 33.1. The molecule has 0 aliphatic carbocycles. The van der Waals surface area contributed by atoms with Crippen LogP contribution < -0.4 is 4.90 Å². The lowest BCUT2D eigenvalue weighted by atomic mass is 9.92. The van der Waals surface area contributed by atoms with Crippen LogP contribution in [-0.2, 0) is 22.4 Å². The van der Waals surface area contributed by atoms with Gasteiger partial charge in [0.2, 0.25) is 0 Å². The second kappa shape index (κ2) is 9.47. The topological polar surface area (TPSA) is 70.5 Å². The number of aromatic nitrogens is 1. The van der Waals surface area contributed by atoms with Gasteiger partial charge in [-0.3, -0.25) is 14.5 Å². The molecule has 1 unspecified atom stereocenters. The number of hydrogen-bond donors (Lipinski definition) is 1. The molecule has 0 radical (unpaired) electrons. The fourth-order valence-corrected chi connectivity index (χ4v) is 5.62. The van der Waals surface area contributed by atoms with Crippen molar-refractivity contribution in [2.24, 2.45) is 0 Å². The van der Waals surface area contributed by atoms with Gasteiger partial charge in [0, 0.05) is 6.42 Å². The molecule has 1 atom stereocenters. The first-order valence-electron chi connectivity index (χ1n) is 11.8. The van der Waals surface area contributed by atoms with Gasteiger partial charge in [-0.1, -0.05) is 84.5 Å². The Hall–Kier alpha value is -3.77. The van der Waals surface area contributed by atoms with E-state index in [2.05, 4.69) is 13.0 Å². The number of ketones is 1. The Morgan fingerprint density at radius 3 is 2.57 bits per heavy atom. The number of benzene rings is 3. The maximum absolute atomic E-state index is 13.5. The van der Waals surface area contributed by atoms with Crippen molar-refractivity contribution in [2.75, 3.05) is 4.90 Å². The minimum Gasteiger partial charge on any atom is -0.503 e. The number of carbonyl (C=O) groups excluding carboxylic acids is 2. The summed E-state index contributed by atoms with van der Waals surface area (Å²) in [5, 5.41) is 11.4. The highest BCUT2D eigenvalue weighted by Gasteiger charge is 2.45. The van der Waals surface area contributed by atoms with E-state index in [0.717, 1.165) is 33.3 Å². The monoisotopic (exact) mass is 482 g/mol. The summed E-state index contributed by atoms with van der Waals surface area (Å²) in [5.41, 5.74) is 4.94. The quantitative estimate of drug-likeness (QED) is 0.337. The molecule has 0 fully saturated rings. The SMILES string of the molecule is CCc1ccc2nc(N3C(=O)C(O)=C(C(=O)CCc4ccccc4)C3c3cccc(C)c3)sc2c1. The number of fused-ring (bicyclic) bond motifs is 1. The van der Waals surface area contributed by atoms with Crippen molar-refractivity contribution in [3.63, 3.8) is 0 Å². The summed E-state index contributed by atoms with van der Waals surface area (Å²) in [5.74, 6) is -1.31. The number of carbonyl (C=O) groups is 2. The Kier molecular flexibility index (Phi) is 6.22. The van der Waals surface area contributed by atoms with E-state index in [-0.39, 0.29) is 17.8 Å². The van der Waals surface area contributed by atoms with Crippen molar-refractivity contribution in [3.05, 3.63) is 106 Å². The van der Waals surface area contributed by atoms with Crippen LogP contribution >= 0.6 is 11.3 Å². The second-order valence-electron chi connectivity index (χ2n) is 8.81. The lowest BCUT2D eigenvalue weighted by Crippen LogP contribution is -2.31. The van der Waals surface area contributed by atoms with Crippen LogP contribution in [0.5, 0.6) is 0 Å². The van der Waals surface area contributed by atoms with Crippen molar-refractivity contribution in [1.82, 2.24) is 4.98 Å². The van der Waals surface area contributed by atoms with Gasteiger partial charge >= 0.3 is 0 Å². The predicted octanol–water partition coefficient (Wildman–Crippen LogP) is 6.27. The Bertz CT molecular complexity index is 1460. The van der Waals surface area contributed by atoms with E-state index in [4.69, 9.17) is 4.98 Å². The normalized spacial score (nSPS) is 15.9. The third kappa shape index (κ3) is 4.37. The zero-order valence-corrected chi connectivity index (χ0v) is 20.5. The number of rotatable bonds is 7. The van der Waals surface area contributed by atoms with Crippen molar-refractivity contribution in [1.29, 1.82) is 0 Å². The summed E-state index contributed by atoms with van der Waals surface area (Å²) in [7, 11) is 0. The van der Waals surface area contributed by atoms with Crippen LogP contribution in [-0.4, -0.2) is 21.8 Å². The second-order valence-corrected chi connectivity index (χ2v) is 9.82. The van der Waals surface area contributed by atoms with Gasteiger partial charge in [-0.05, 0) is 48.6 Å². The molecule has 1 aliphatic rings. The first-order chi connectivity index (χ1) is 17.0. The predicted molar refractivity (Wildman–Crippen MR) is 140 cm³/mol. The van der Waals surface area contributed by atoms with Crippen molar-refractivity contribution >= 4 is 38.4 Å². The van der Waals surface area contributed by atoms with Gasteiger partial charge in [0.25, 0.3) is 5.91 Å². The van der Waals surface area contributed by atoms with E-state index in [0.29, 0.717) is 11.6 Å². The molecule has 5 nitrogen and oxygen atoms in total. The van der Waals surface area contributed by atoms with E-state index >= 15 is 0 Å². The smallest absolute Gasteiger partial charge is 0.296 e. The Labute approximate surface area is 208 Å². The molecule has 0 saturated heterocycles. The number of amides is 1. The van der Waals surface area contributed by atoms with Gasteiger partial charge in [-0.25, -0.2) is 4.98 Å². The lowest BCUT2D eigenvalue weighted by Gasteiger charge is -2.24. The molecule has 0 spiro atoms. The first kappa shape index (κ1) is 23.0. The zero-order valence-electron chi connectivity index (χ0n) is 19.7. The maximum Gasteiger partial charge on any atom is 0.296 e. The molecular formula is C29H26N2O3S. The Morgan fingerprint density at radius 1 is 1.03 bits per heavy atom. The first-order valence-corrected chi connectivity index (χ1v) is 12.6. The number of Topliss-reactive ketones (excluding diaryl/α,β-unsaturated/α-hetero) is 1. The van der Waals surface area contributed by atoms with E-state index in [1.54, 1.807) is 0 Å². The van der Waals surface area contributed by atoms with Gasteiger partial charge in [0.1, 0.15) is 0 Å². The van der Waals surface area contributed by atoms with E-state index in [1.165, 1.54) is 21.8 Å². The lowest BCUT2D eigenvalue weighted by molar-refractivity contribution is -0.118. The number of aryl methyl sites for hydroxylation is 3. The maximum atomic E-state index is 13.5. The highest BCUT2D eigenvalue weighted by molar-refractivity contribution is 7.22. The molecule has 1 aliphatic heterocycles. The molecule has 4 aromatic rings. The summed E-state index contributed by atoms with van der Waals surface area (Å²) in [6.07, 6.45) is 1.64. The van der Waals surface area contributed by atoms with Crippen LogP contribution in [0.4, 0.5) is 5.13 Å². The van der Waals surface area contributed by atoms with Gasteiger partial charge in [-0.2, -0.15) is 0 Å². The van der Waals surface area contributed by atoms with Crippen LogP contribution in [0.2, 0.25) is 0 Å². The Morgan fingerprint density at radius 2 is 1.83 bits per heavy atom. The van der Waals surface area contributed by atoms with Crippen LogP contribution in [0.1, 0.15) is 41.6 Å². The molecule has 176 valence electrons. The molecule has 3 aromatic carbocycles. The van der Waals surface area contributed by atoms with Crippen molar-refractivity contribution in [3.8, 4) is 0 Å². The molecule has 2 heterocycles. The van der Waals surface area contributed by atoms with Crippen molar-refractivity contribution in [2.45, 2.75) is 39.2 Å². The minimum absolute atomic E-state index is 0.144. The number of aliphatic hydroxyl groups excluding tert-OH is 1. The highest BCUT2D eigenvalue weighted by Crippen LogP contribution is 2.44. The third-order valence-corrected chi connectivity index (χ3v) is 7.42. The molecule has 0 bridgehead atoms. The van der Waals surface area contributed by atoms with Gasteiger partial charge in [0.05, 0.1) is 21.8 Å². The van der Waals surface area contributed by atoms with Crippen LogP contribution in [0.25, 0.3) is 10.2 Å². The number of anilines is 1. The Balaban J connectivity index is 1.56. The van der Waals surface area contributed by atoms with Gasteiger partial charge in [0.15, 0.2) is 16.7 Å². The molecule has 1 amide bonds. The van der Waals surface area contributed by atoms with Crippen molar-refractivity contribution < 1.29 is 14.7 Å². The van der Waals surface area contributed by atoms with E-state index < -0.39 is 17.7 Å². The van der Waals surface area contributed by atoms with E-state index in [9.17, 15) is 14.7 Å². The molecule has 5 rings (SSSR count). The summed E-state index contributed by atoms with van der Waals surface area (Å²) >= 11 is 1.40. The van der Waals surface area contributed by atoms with Crippen LogP contribution in [0.3, 0.4) is 0 Å². The molecular weight excluding hydrogens is 456 g/mol. The van der Waals surface area contributed by atoms with Crippen LogP contribution in [0.15, 0.2) is 84.1 Å². The zero-order chi connectivity index (χ0) is 24.5. The fraction of sp³-hybridized carbons (Fsp3) is 0.207. The molecule has 1 N–H and O–H groups in total. The number of nitrogens with zero attached hydrogens (tertiary/aromatic N) is 2. The average molecular weight is 483 g/mol. The largest absolute Gasteiger partial charge is 0.503 e. The van der Waals surface area contributed by atoms with Gasteiger partial charge in [-0.15, -0.1) is 0 Å². The molecule has 0 saturated carbocycles. The number of aliphatic hydroxyl groups is 1. The van der Waals surface area contributed by atoms with Crippen LogP contribution in [0, 0.1) is 6.92 Å². The fourth-order valence-electron chi connectivity index (χ4n) is 4.56. The standard InChI is InChI=1S/C29H26N2O3S/c1-3-19-12-14-22-24(17-19)35-29(30-22)31-26(21-11-7-8-18(2)16-21)25(27(33)28(31)34)23(32)15-13-20-9-5-4-6-10-20/h4-12,14,16-17,26,33H,3,13,15H2,1-2H3. The number of thiazole rings is 1. The highest BCUT2D eigenvalue weighted by atomic mass is 32.1. The average Bonchev–Trinajstić information content (AvgIpc) is 3.40. The summed E-state index contributed by atoms with van der Waals surface area (Å²) < 4.78 is 0.971. The molecule has 35 heavy (non-hydrogen) atoms. The summed E-state index contributed by atoms with van der Waals surface area (Å²) in [6, 6.07) is 22.8.